The minimum absolute atomic E-state index is 0.00984. The Bertz CT molecular complexity index is 1560. The van der Waals surface area contributed by atoms with E-state index in [0.29, 0.717) is 63.2 Å². The molecule has 1 spiro atoms. The van der Waals surface area contributed by atoms with Crippen molar-refractivity contribution in [2.75, 3.05) is 45.8 Å². The molecule has 3 saturated heterocycles. The molecule has 0 radical (unpaired) electrons. The molecule has 3 aliphatic heterocycles. The van der Waals surface area contributed by atoms with Gasteiger partial charge in [0.15, 0.2) is 0 Å². The fourth-order valence-electron chi connectivity index (χ4n) is 7.07. The van der Waals surface area contributed by atoms with Gasteiger partial charge in [-0.3, -0.25) is 4.79 Å². The average molecular weight is 644 g/mol. The highest BCUT2D eigenvalue weighted by Crippen LogP contribution is 2.36. The number of carbonyl (C=O) groups is 2. The molecular weight excluding hydrogens is 604 g/mol. The zero-order chi connectivity index (χ0) is 33.0. The van der Waals surface area contributed by atoms with Crippen molar-refractivity contribution >= 4 is 12.0 Å². The lowest BCUT2D eigenvalue weighted by molar-refractivity contribution is -0.128. The van der Waals surface area contributed by atoms with Gasteiger partial charge in [-0.25, -0.2) is 13.6 Å². The number of likely N-dealkylation sites (tertiary alicyclic amines) is 2. The highest BCUT2D eigenvalue weighted by molar-refractivity contribution is 5.96. The molecule has 0 saturated carbocycles. The Kier molecular flexibility index (Phi) is 9.74. The van der Waals surface area contributed by atoms with Crippen LogP contribution in [0.1, 0.15) is 44.1 Å². The Morgan fingerprint density at radius 3 is 2.47 bits per heavy atom. The van der Waals surface area contributed by atoms with Crippen LogP contribution in [-0.2, 0) is 9.53 Å². The zero-order valence-electron chi connectivity index (χ0n) is 26.3. The van der Waals surface area contributed by atoms with Crippen LogP contribution < -0.4 is 4.74 Å². The second-order valence-electron chi connectivity index (χ2n) is 13.1. The number of nitrogens with zero attached hydrogens (tertiary/aromatic N) is 5. The van der Waals surface area contributed by atoms with Crippen LogP contribution in [0.25, 0.3) is 0 Å². The molecule has 2 amide bonds. The van der Waals surface area contributed by atoms with E-state index in [0.717, 1.165) is 37.5 Å². The number of allylic oxidation sites excluding steroid dienone is 5. The van der Waals surface area contributed by atoms with Crippen molar-refractivity contribution in [2.24, 2.45) is 11.8 Å². The van der Waals surface area contributed by atoms with E-state index in [1.807, 2.05) is 22.0 Å². The SMILES string of the molecule is N#CC1=CC(F)C(CN2CCC3(CC2)CN(CCC2C=CC(C(=O)N4CCC(Oc5ccc(C#N)cc5)CC4)=CC2)C(=O)O3)C(F)=C1. The number of amides is 2. The van der Waals surface area contributed by atoms with Crippen molar-refractivity contribution < 1.29 is 27.8 Å². The van der Waals surface area contributed by atoms with E-state index < -0.39 is 23.5 Å². The number of nitriles is 2. The summed E-state index contributed by atoms with van der Waals surface area (Å²) in [5.74, 6) is -0.558. The number of benzene rings is 1. The average Bonchev–Trinajstić information content (AvgIpc) is 3.40. The molecule has 3 fully saturated rings. The van der Waals surface area contributed by atoms with E-state index in [1.165, 1.54) is 6.08 Å². The Morgan fingerprint density at radius 1 is 1.09 bits per heavy atom. The highest BCUT2D eigenvalue weighted by atomic mass is 19.1. The van der Waals surface area contributed by atoms with Gasteiger partial charge in [-0.05, 0) is 55.2 Å². The Balaban J connectivity index is 0.906. The smallest absolute Gasteiger partial charge is 0.410 e. The van der Waals surface area contributed by atoms with E-state index in [1.54, 1.807) is 35.2 Å². The third-order valence-corrected chi connectivity index (χ3v) is 9.98. The lowest BCUT2D eigenvalue weighted by Gasteiger charge is -2.39. The molecule has 3 atom stereocenters. The summed E-state index contributed by atoms with van der Waals surface area (Å²) in [6.07, 6.45) is 10.6. The number of rotatable bonds is 8. The molecule has 47 heavy (non-hydrogen) atoms. The van der Waals surface area contributed by atoms with Crippen LogP contribution in [0, 0.1) is 34.5 Å². The van der Waals surface area contributed by atoms with Gasteiger partial charge in [0.1, 0.15) is 29.5 Å². The van der Waals surface area contributed by atoms with Crippen molar-refractivity contribution in [3.8, 4) is 17.9 Å². The van der Waals surface area contributed by atoms with Gasteiger partial charge in [-0.2, -0.15) is 10.5 Å². The Hall–Kier alpha value is -4.48. The fraction of sp³-hybridized carbons (Fsp3) is 0.500. The number of hydrogen-bond acceptors (Lipinski definition) is 7. The standard InChI is InChI=1S/C36H39F2N5O4/c37-32-19-27(22-40)20-33(38)31(32)23-41-17-12-36(13-18-41)24-43(35(45)47-36)14-9-25-1-5-28(6-2-25)34(44)42-15-10-30(11-16-42)46-29-7-3-26(21-39)4-8-29/h1,3-8,19-20,25,30-32H,2,9-18,23-24H2. The highest BCUT2D eigenvalue weighted by Gasteiger charge is 2.47. The molecule has 3 unspecified atom stereocenters. The number of piperidine rings is 2. The van der Waals surface area contributed by atoms with E-state index >= 15 is 0 Å². The van der Waals surface area contributed by atoms with E-state index in [2.05, 4.69) is 12.1 Å². The summed E-state index contributed by atoms with van der Waals surface area (Å²) in [4.78, 5) is 31.6. The quantitative estimate of drug-likeness (QED) is 0.374. The number of ether oxygens (including phenoxy) is 2. The normalized spacial score (nSPS) is 26.2. The van der Waals surface area contributed by atoms with Crippen LogP contribution in [0.15, 0.2) is 71.6 Å². The molecule has 1 aromatic rings. The molecule has 2 aliphatic carbocycles. The van der Waals surface area contributed by atoms with Crippen molar-refractivity contribution in [2.45, 2.75) is 56.4 Å². The first-order chi connectivity index (χ1) is 22.7. The molecule has 0 bridgehead atoms. The molecule has 9 nitrogen and oxygen atoms in total. The molecule has 0 N–H and O–H groups in total. The fourth-order valence-corrected chi connectivity index (χ4v) is 7.07. The van der Waals surface area contributed by atoms with Crippen LogP contribution in [-0.4, -0.2) is 90.4 Å². The number of carbonyl (C=O) groups excluding carboxylic acids is 2. The lowest BCUT2D eigenvalue weighted by atomic mass is 9.88. The summed E-state index contributed by atoms with van der Waals surface area (Å²) in [5, 5.41) is 17.9. The predicted molar refractivity (Wildman–Crippen MR) is 169 cm³/mol. The summed E-state index contributed by atoms with van der Waals surface area (Å²) >= 11 is 0. The molecule has 11 heteroatoms. The molecule has 1 aromatic carbocycles. The summed E-state index contributed by atoms with van der Waals surface area (Å²) in [7, 11) is 0. The van der Waals surface area contributed by atoms with Crippen LogP contribution in [0.5, 0.6) is 5.75 Å². The Labute approximate surface area is 274 Å². The van der Waals surface area contributed by atoms with Gasteiger partial charge in [0.2, 0.25) is 0 Å². The predicted octanol–water partition coefficient (Wildman–Crippen LogP) is 5.38. The van der Waals surface area contributed by atoms with Crippen molar-refractivity contribution in [3.63, 3.8) is 0 Å². The lowest BCUT2D eigenvalue weighted by Crippen LogP contribution is -2.48. The van der Waals surface area contributed by atoms with Crippen LogP contribution in [0.4, 0.5) is 13.6 Å². The van der Waals surface area contributed by atoms with Gasteiger partial charge >= 0.3 is 6.09 Å². The van der Waals surface area contributed by atoms with E-state index in [4.69, 9.17) is 20.0 Å². The van der Waals surface area contributed by atoms with Gasteiger partial charge in [-0.1, -0.05) is 18.2 Å². The van der Waals surface area contributed by atoms with E-state index in [9.17, 15) is 18.4 Å². The van der Waals surface area contributed by atoms with Gasteiger partial charge < -0.3 is 24.2 Å². The van der Waals surface area contributed by atoms with Gasteiger partial charge in [-0.15, -0.1) is 0 Å². The first kappa shape index (κ1) is 32.5. The van der Waals surface area contributed by atoms with Crippen molar-refractivity contribution in [1.82, 2.24) is 14.7 Å². The van der Waals surface area contributed by atoms with Crippen molar-refractivity contribution in [3.05, 3.63) is 77.2 Å². The topological polar surface area (TPSA) is 110 Å². The molecule has 5 aliphatic rings. The number of hydrogen-bond donors (Lipinski definition) is 0. The van der Waals surface area contributed by atoms with Gasteiger partial charge in [0.25, 0.3) is 5.91 Å². The maximum atomic E-state index is 14.5. The molecule has 6 rings (SSSR count). The van der Waals surface area contributed by atoms with Crippen LogP contribution in [0.2, 0.25) is 0 Å². The maximum absolute atomic E-state index is 14.5. The van der Waals surface area contributed by atoms with Crippen LogP contribution in [0.3, 0.4) is 0 Å². The minimum atomic E-state index is -1.54. The van der Waals surface area contributed by atoms with Gasteiger partial charge in [0, 0.05) is 70.5 Å². The summed E-state index contributed by atoms with van der Waals surface area (Å²) in [6.45, 7) is 3.65. The maximum Gasteiger partial charge on any atom is 0.410 e. The first-order valence-corrected chi connectivity index (χ1v) is 16.4. The largest absolute Gasteiger partial charge is 0.490 e. The summed E-state index contributed by atoms with van der Waals surface area (Å²) in [5.41, 5.74) is 0.714. The number of halogens is 2. The van der Waals surface area contributed by atoms with Crippen molar-refractivity contribution in [1.29, 1.82) is 10.5 Å². The molecule has 246 valence electrons. The molecule has 0 aromatic heterocycles. The third-order valence-electron chi connectivity index (χ3n) is 9.98. The molecular formula is C36H39F2N5O4. The minimum Gasteiger partial charge on any atom is -0.490 e. The monoisotopic (exact) mass is 643 g/mol. The summed E-state index contributed by atoms with van der Waals surface area (Å²) in [6, 6.07) is 11.0. The van der Waals surface area contributed by atoms with Crippen LogP contribution >= 0.6 is 0 Å². The first-order valence-electron chi connectivity index (χ1n) is 16.4. The van der Waals surface area contributed by atoms with Gasteiger partial charge in [0.05, 0.1) is 35.7 Å². The summed E-state index contributed by atoms with van der Waals surface area (Å²) < 4.78 is 40.9. The molecule has 3 heterocycles. The second kappa shape index (κ2) is 14.1. The third kappa shape index (κ3) is 7.58. The second-order valence-corrected chi connectivity index (χ2v) is 13.1. The zero-order valence-corrected chi connectivity index (χ0v) is 26.3. The number of alkyl halides is 1. The van der Waals surface area contributed by atoms with E-state index in [-0.39, 0.29) is 36.1 Å². The Morgan fingerprint density at radius 2 is 1.83 bits per heavy atom.